The number of carbonyl (C=O) groups excluding carboxylic acids is 1. The number of thioether (sulfide) groups is 1. The molecule has 2 aromatic rings. The van der Waals surface area contributed by atoms with Gasteiger partial charge in [0.2, 0.25) is 10.0 Å². The number of methoxy groups -OCH3 is 1. The average molecular weight is 419 g/mol. The summed E-state index contributed by atoms with van der Waals surface area (Å²) in [4.78, 5) is 14.0. The van der Waals surface area contributed by atoms with Crippen LogP contribution in [0.25, 0.3) is 0 Å². The summed E-state index contributed by atoms with van der Waals surface area (Å²) >= 11 is 1.78. The van der Waals surface area contributed by atoms with Crippen LogP contribution in [0.15, 0.2) is 52.3 Å². The molecule has 0 unspecified atom stereocenters. The van der Waals surface area contributed by atoms with E-state index in [2.05, 4.69) is 16.1 Å². The van der Waals surface area contributed by atoms with Crippen LogP contribution in [0.3, 0.4) is 0 Å². The Bertz CT molecular complexity index is 1000. The van der Waals surface area contributed by atoms with Crippen molar-refractivity contribution >= 4 is 27.7 Å². The predicted molar refractivity (Wildman–Crippen MR) is 108 cm³/mol. The Kier molecular flexibility index (Phi) is 5.35. The Labute approximate surface area is 169 Å². The molecule has 1 saturated carbocycles. The number of nitrogens with one attached hydrogen (secondary N) is 2. The molecule has 1 fully saturated rings. The van der Waals surface area contributed by atoms with Crippen LogP contribution in [0.2, 0.25) is 0 Å². The van der Waals surface area contributed by atoms with E-state index < -0.39 is 10.0 Å². The summed E-state index contributed by atoms with van der Waals surface area (Å²) in [5.74, 6) is 0.858. The molecule has 4 rings (SSSR count). The third-order valence-electron chi connectivity index (χ3n) is 4.88. The maximum Gasteiger partial charge on any atom is 0.251 e. The van der Waals surface area contributed by atoms with E-state index in [1.807, 2.05) is 18.2 Å². The van der Waals surface area contributed by atoms with Crippen molar-refractivity contribution in [1.29, 1.82) is 0 Å². The van der Waals surface area contributed by atoms with Gasteiger partial charge in [0.1, 0.15) is 10.6 Å². The minimum atomic E-state index is -3.74. The number of sulfonamides is 1. The Balaban J connectivity index is 1.59. The molecule has 2 aromatic carbocycles. The standard InChI is InChI=1S/C20H22N2O4S2/c1-26-17-9-6-13(12-19(17)28(24,25)22-14-7-8-14)20(23)21-16-10-11-27-18-5-3-2-4-15(16)18/h2-6,9,12,14,16,22H,7-8,10-11H2,1H3,(H,21,23)/t16-/m0/s1. The Hall–Kier alpha value is -2.03. The quantitative estimate of drug-likeness (QED) is 0.753. The Morgan fingerprint density at radius 3 is 2.68 bits per heavy atom. The fourth-order valence-electron chi connectivity index (χ4n) is 3.25. The largest absolute Gasteiger partial charge is 0.495 e. The van der Waals surface area contributed by atoms with Gasteiger partial charge in [-0.2, -0.15) is 0 Å². The molecule has 1 heterocycles. The Morgan fingerprint density at radius 1 is 1.14 bits per heavy atom. The van der Waals surface area contributed by atoms with Crippen molar-refractivity contribution in [2.24, 2.45) is 0 Å². The van der Waals surface area contributed by atoms with Crippen LogP contribution >= 0.6 is 11.8 Å². The number of hydrogen-bond donors (Lipinski definition) is 2. The highest BCUT2D eigenvalue weighted by atomic mass is 32.2. The molecule has 6 nitrogen and oxygen atoms in total. The number of fused-ring (bicyclic) bond motifs is 1. The first kappa shape index (κ1) is 19.3. The average Bonchev–Trinajstić information content (AvgIpc) is 3.51. The van der Waals surface area contributed by atoms with E-state index in [4.69, 9.17) is 4.74 Å². The molecule has 0 spiro atoms. The lowest BCUT2D eigenvalue weighted by Gasteiger charge is -2.26. The van der Waals surface area contributed by atoms with Gasteiger partial charge < -0.3 is 10.1 Å². The SMILES string of the molecule is COc1ccc(C(=O)N[C@H]2CCSc3ccccc32)cc1S(=O)(=O)NC1CC1. The second-order valence-electron chi connectivity index (χ2n) is 6.96. The van der Waals surface area contributed by atoms with E-state index in [-0.39, 0.29) is 28.6 Å². The minimum Gasteiger partial charge on any atom is -0.495 e. The summed E-state index contributed by atoms with van der Waals surface area (Å²) in [5, 5.41) is 3.05. The van der Waals surface area contributed by atoms with Crippen LogP contribution in [-0.4, -0.2) is 33.2 Å². The molecule has 1 atom stereocenters. The predicted octanol–water partition coefficient (Wildman–Crippen LogP) is 3.10. The van der Waals surface area contributed by atoms with Gasteiger partial charge in [-0.3, -0.25) is 4.79 Å². The fraction of sp³-hybridized carbons (Fsp3) is 0.350. The molecule has 0 saturated heterocycles. The first-order chi connectivity index (χ1) is 13.5. The second kappa shape index (κ2) is 7.77. The summed E-state index contributed by atoms with van der Waals surface area (Å²) in [6.45, 7) is 0. The summed E-state index contributed by atoms with van der Waals surface area (Å²) < 4.78 is 33.2. The molecule has 2 N–H and O–H groups in total. The van der Waals surface area contributed by atoms with Gasteiger partial charge in [0.05, 0.1) is 13.2 Å². The normalized spacial score (nSPS) is 19.0. The van der Waals surface area contributed by atoms with E-state index in [9.17, 15) is 13.2 Å². The lowest BCUT2D eigenvalue weighted by molar-refractivity contribution is 0.0934. The van der Waals surface area contributed by atoms with E-state index in [0.717, 1.165) is 30.6 Å². The molecule has 148 valence electrons. The first-order valence-corrected chi connectivity index (χ1v) is 11.7. The first-order valence-electron chi connectivity index (χ1n) is 9.21. The summed E-state index contributed by atoms with van der Waals surface area (Å²) in [7, 11) is -2.32. The molecular weight excluding hydrogens is 396 g/mol. The van der Waals surface area contributed by atoms with Crippen LogP contribution < -0.4 is 14.8 Å². The minimum absolute atomic E-state index is 0.00542. The van der Waals surface area contributed by atoms with Crippen LogP contribution in [0.5, 0.6) is 5.75 Å². The summed E-state index contributed by atoms with van der Waals surface area (Å²) in [5.41, 5.74) is 1.40. The van der Waals surface area contributed by atoms with Gasteiger partial charge >= 0.3 is 0 Å². The van der Waals surface area contributed by atoms with Crippen molar-refractivity contribution in [1.82, 2.24) is 10.0 Å². The zero-order valence-corrected chi connectivity index (χ0v) is 17.1. The van der Waals surface area contributed by atoms with E-state index >= 15 is 0 Å². The Morgan fingerprint density at radius 2 is 1.93 bits per heavy atom. The number of carbonyl (C=O) groups is 1. The highest BCUT2D eigenvalue weighted by molar-refractivity contribution is 7.99. The van der Waals surface area contributed by atoms with Crippen molar-refractivity contribution in [3.05, 3.63) is 53.6 Å². The monoisotopic (exact) mass is 418 g/mol. The molecule has 2 aliphatic rings. The smallest absolute Gasteiger partial charge is 0.251 e. The number of ether oxygens (including phenoxy) is 1. The number of hydrogen-bond acceptors (Lipinski definition) is 5. The van der Waals surface area contributed by atoms with Gasteiger partial charge in [0.25, 0.3) is 5.91 Å². The zero-order valence-electron chi connectivity index (χ0n) is 15.5. The van der Waals surface area contributed by atoms with Crippen LogP contribution in [0.4, 0.5) is 0 Å². The highest BCUT2D eigenvalue weighted by Crippen LogP contribution is 2.36. The molecule has 0 bridgehead atoms. The van der Waals surface area contributed by atoms with Crippen molar-refractivity contribution in [3.63, 3.8) is 0 Å². The van der Waals surface area contributed by atoms with Gasteiger partial charge in [-0.25, -0.2) is 13.1 Å². The molecule has 1 amide bonds. The molecule has 28 heavy (non-hydrogen) atoms. The van der Waals surface area contributed by atoms with Gasteiger partial charge in [-0.1, -0.05) is 18.2 Å². The van der Waals surface area contributed by atoms with Crippen molar-refractivity contribution in [2.75, 3.05) is 12.9 Å². The van der Waals surface area contributed by atoms with Gasteiger partial charge in [0, 0.05) is 22.3 Å². The lowest BCUT2D eigenvalue weighted by atomic mass is 10.0. The molecule has 8 heteroatoms. The van der Waals surface area contributed by atoms with Gasteiger partial charge in [-0.15, -0.1) is 11.8 Å². The molecule has 1 aliphatic heterocycles. The summed E-state index contributed by atoms with van der Waals surface area (Å²) in [6, 6.07) is 12.4. The molecular formula is C20H22N2O4S2. The van der Waals surface area contributed by atoms with Crippen LogP contribution in [0, 0.1) is 0 Å². The van der Waals surface area contributed by atoms with Crippen molar-refractivity contribution < 1.29 is 17.9 Å². The van der Waals surface area contributed by atoms with E-state index in [1.54, 1.807) is 17.8 Å². The van der Waals surface area contributed by atoms with E-state index in [1.165, 1.54) is 24.1 Å². The maximum atomic E-state index is 12.9. The summed E-state index contributed by atoms with van der Waals surface area (Å²) in [6.07, 6.45) is 2.50. The third-order valence-corrected chi connectivity index (χ3v) is 7.54. The molecule has 1 aliphatic carbocycles. The van der Waals surface area contributed by atoms with Crippen molar-refractivity contribution in [3.8, 4) is 5.75 Å². The second-order valence-corrected chi connectivity index (χ2v) is 9.78. The van der Waals surface area contributed by atoms with Crippen LogP contribution in [0.1, 0.15) is 41.2 Å². The number of benzene rings is 2. The highest BCUT2D eigenvalue weighted by Gasteiger charge is 2.30. The maximum absolute atomic E-state index is 12.9. The van der Waals surface area contributed by atoms with Crippen molar-refractivity contribution in [2.45, 2.75) is 41.1 Å². The van der Waals surface area contributed by atoms with Crippen LogP contribution in [-0.2, 0) is 10.0 Å². The van der Waals surface area contributed by atoms with Gasteiger partial charge in [0.15, 0.2) is 0 Å². The molecule has 0 radical (unpaired) electrons. The number of rotatable bonds is 6. The zero-order chi connectivity index (χ0) is 19.7. The molecule has 0 aromatic heterocycles. The van der Waals surface area contributed by atoms with Gasteiger partial charge in [-0.05, 0) is 49.1 Å². The van der Waals surface area contributed by atoms with E-state index in [0.29, 0.717) is 5.56 Å². The topological polar surface area (TPSA) is 84.5 Å². The third kappa shape index (κ3) is 4.04. The fourth-order valence-corrected chi connectivity index (χ4v) is 5.87. The lowest BCUT2D eigenvalue weighted by Crippen LogP contribution is -2.31. The number of amides is 1.